The van der Waals surface area contributed by atoms with Crippen LogP contribution in [0.4, 0.5) is 5.00 Å². The quantitative estimate of drug-likeness (QED) is 0.476. The molecule has 5 rings (SSSR count). The number of esters is 1. The van der Waals surface area contributed by atoms with Crippen molar-refractivity contribution in [2.24, 2.45) is 23.7 Å². The Morgan fingerprint density at radius 3 is 2.52 bits per heavy atom. The lowest BCUT2D eigenvalue weighted by Gasteiger charge is -2.27. The number of rotatable bonds is 6. The number of carboxylic acid groups (broad SMARTS) is 1. The second-order valence-electron chi connectivity index (χ2n) is 8.81. The fraction of sp³-hybridized carbons (Fsp3) is 0.346. The number of benzene rings is 2. The zero-order chi connectivity index (χ0) is 23.1. The molecule has 2 aliphatic carbocycles. The molecule has 0 spiro atoms. The fourth-order valence-electron chi connectivity index (χ4n) is 5.73. The van der Waals surface area contributed by atoms with Gasteiger partial charge in [0.1, 0.15) is 10.6 Å². The Labute approximate surface area is 195 Å². The number of hydrogen-bond acceptors (Lipinski definition) is 5. The SMILES string of the molecule is CCOC(=O)c1c(-c2cccc3ccccc23)csc1NC(=O)[C@@H]1[C@H]2CC[C@@H](C2)[C@H]1C(=O)O. The van der Waals surface area contributed by atoms with Gasteiger partial charge >= 0.3 is 11.9 Å². The first-order valence-corrected chi connectivity index (χ1v) is 12.2. The molecule has 0 radical (unpaired) electrons. The van der Waals surface area contributed by atoms with Crippen molar-refractivity contribution in [2.45, 2.75) is 26.2 Å². The van der Waals surface area contributed by atoms with Crippen molar-refractivity contribution in [1.82, 2.24) is 0 Å². The molecule has 2 aliphatic rings. The van der Waals surface area contributed by atoms with Crippen molar-refractivity contribution in [2.75, 3.05) is 11.9 Å². The Morgan fingerprint density at radius 1 is 1.03 bits per heavy atom. The molecule has 1 heterocycles. The molecule has 2 N–H and O–H groups in total. The third-order valence-electron chi connectivity index (χ3n) is 7.09. The van der Waals surface area contributed by atoms with E-state index in [4.69, 9.17) is 4.74 Å². The molecule has 1 aromatic heterocycles. The molecule has 33 heavy (non-hydrogen) atoms. The summed E-state index contributed by atoms with van der Waals surface area (Å²) < 4.78 is 5.34. The summed E-state index contributed by atoms with van der Waals surface area (Å²) in [5.41, 5.74) is 1.91. The summed E-state index contributed by atoms with van der Waals surface area (Å²) in [7, 11) is 0. The second kappa shape index (κ2) is 8.63. The van der Waals surface area contributed by atoms with E-state index in [1.807, 2.05) is 47.8 Å². The van der Waals surface area contributed by atoms with Crippen molar-refractivity contribution < 1.29 is 24.2 Å². The van der Waals surface area contributed by atoms with Crippen LogP contribution in [-0.4, -0.2) is 29.6 Å². The number of nitrogens with one attached hydrogen (secondary N) is 1. The number of fused-ring (bicyclic) bond motifs is 3. The highest BCUT2D eigenvalue weighted by molar-refractivity contribution is 7.15. The predicted molar refractivity (Wildman–Crippen MR) is 127 cm³/mol. The average molecular weight is 464 g/mol. The minimum atomic E-state index is -0.907. The topological polar surface area (TPSA) is 92.7 Å². The largest absolute Gasteiger partial charge is 0.481 e. The zero-order valence-corrected chi connectivity index (χ0v) is 19.1. The van der Waals surface area contributed by atoms with Crippen LogP contribution in [0.25, 0.3) is 21.9 Å². The van der Waals surface area contributed by atoms with Crippen LogP contribution in [0.1, 0.15) is 36.5 Å². The van der Waals surface area contributed by atoms with E-state index in [0.717, 1.165) is 35.6 Å². The molecule has 2 fully saturated rings. The number of carboxylic acids is 1. The molecule has 0 saturated heterocycles. The molecule has 2 saturated carbocycles. The highest BCUT2D eigenvalue weighted by Gasteiger charge is 2.54. The van der Waals surface area contributed by atoms with Crippen LogP contribution in [0.2, 0.25) is 0 Å². The van der Waals surface area contributed by atoms with Crippen LogP contribution in [0, 0.1) is 23.7 Å². The van der Waals surface area contributed by atoms with Gasteiger partial charge in [-0.15, -0.1) is 11.3 Å². The van der Waals surface area contributed by atoms with E-state index in [0.29, 0.717) is 16.1 Å². The van der Waals surface area contributed by atoms with Gasteiger partial charge in [-0.2, -0.15) is 0 Å². The van der Waals surface area contributed by atoms with Crippen molar-refractivity contribution in [3.63, 3.8) is 0 Å². The maximum absolute atomic E-state index is 13.3. The van der Waals surface area contributed by atoms with E-state index in [1.165, 1.54) is 11.3 Å². The van der Waals surface area contributed by atoms with Gasteiger partial charge < -0.3 is 15.2 Å². The van der Waals surface area contributed by atoms with Crippen LogP contribution in [0.15, 0.2) is 47.8 Å². The van der Waals surface area contributed by atoms with Crippen molar-refractivity contribution in [3.8, 4) is 11.1 Å². The van der Waals surface area contributed by atoms with Gasteiger partial charge in [-0.05, 0) is 54.4 Å². The molecule has 6 nitrogen and oxygen atoms in total. The summed E-state index contributed by atoms with van der Waals surface area (Å²) >= 11 is 1.27. The second-order valence-corrected chi connectivity index (χ2v) is 9.69. The van der Waals surface area contributed by atoms with Gasteiger partial charge in [0.15, 0.2) is 0 Å². The molecule has 7 heteroatoms. The number of hydrogen-bond donors (Lipinski definition) is 2. The van der Waals surface area contributed by atoms with Crippen LogP contribution in [0.3, 0.4) is 0 Å². The lowest BCUT2D eigenvalue weighted by atomic mass is 9.78. The van der Waals surface area contributed by atoms with Gasteiger partial charge in [-0.1, -0.05) is 42.5 Å². The van der Waals surface area contributed by atoms with E-state index in [1.54, 1.807) is 6.92 Å². The molecule has 2 bridgehead atoms. The van der Waals surface area contributed by atoms with Gasteiger partial charge in [0.25, 0.3) is 0 Å². The van der Waals surface area contributed by atoms with Crippen molar-refractivity contribution in [1.29, 1.82) is 0 Å². The van der Waals surface area contributed by atoms with Crippen molar-refractivity contribution >= 4 is 45.0 Å². The molecule has 2 aromatic carbocycles. The van der Waals surface area contributed by atoms with E-state index >= 15 is 0 Å². The summed E-state index contributed by atoms with van der Waals surface area (Å²) in [6.45, 7) is 1.96. The van der Waals surface area contributed by atoms with Crippen LogP contribution in [-0.2, 0) is 14.3 Å². The van der Waals surface area contributed by atoms with Crippen molar-refractivity contribution in [3.05, 3.63) is 53.4 Å². The molecule has 4 atom stereocenters. The maximum atomic E-state index is 13.3. The molecular formula is C26H25NO5S. The summed E-state index contributed by atoms with van der Waals surface area (Å²) in [4.78, 5) is 38.2. The maximum Gasteiger partial charge on any atom is 0.341 e. The van der Waals surface area contributed by atoms with Gasteiger partial charge in [0.05, 0.1) is 18.4 Å². The molecule has 0 unspecified atom stereocenters. The first kappa shape index (κ1) is 21.6. The van der Waals surface area contributed by atoms with Crippen LogP contribution < -0.4 is 5.32 Å². The van der Waals surface area contributed by atoms with E-state index in [9.17, 15) is 19.5 Å². The summed E-state index contributed by atoms with van der Waals surface area (Å²) in [5, 5.41) is 17.0. The van der Waals surface area contributed by atoms with Gasteiger partial charge in [0, 0.05) is 10.9 Å². The number of amides is 1. The Hall–Kier alpha value is -3.19. The van der Waals surface area contributed by atoms with Gasteiger partial charge in [-0.3, -0.25) is 9.59 Å². The van der Waals surface area contributed by atoms with Crippen LogP contribution in [0.5, 0.6) is 0 Å². The smallest absolute Gasteiger partial charge is 0.341 e. The highest BCUT2D eigenvalue weighted by atomic mass is 32.1. The molecule has 170 valence electrons. The number of aliphatic carboxylic acids is 1. The molecule has 0 aliphatic heterocycles. The van der Waals surface area contributed by atoms with E-state index in [-0.39, 0.29) is 24.3 Å². The Morgan fingerprint density at radius 2 is 1.76 bits per heavy atom. The summed E-state index contributed by atoms with van der Waals surface area (Å²) in [5.74, 6) is -2.81. The number of ether oxygens (including phenoxy) is 1. The first-order chi connectivity index (χ1) is 16.0. The third-order valence-corrected chi connectivity index (χ3v) is 7.99. The number of anilines is 1. The van der Waals surface area contributed by atoms with E-state index in [2.05, 4.69) is 5.32 Å². The molecule has 3 aromatic rings. The van der Waals surface area contributed by atoms with Gasteiger partial charge in [-0.25, -0.2) is 4.79 Å². The number of carbonyl (C=O) groups is 3. The predicted octanol–water partition coefficient (Wildman–Crippen LogP) is 5.43. The summed E-state index contributed by atoms with van der Waals surface area (Å²) in [6, 6.07) is 13.8. The standard InChI is InChI=1S/C26H25NO5S/c1-2-32-26(31)22-19(18-9-5-7-14-6-3-4-8-17(14)18)13-33-24(22)27-23(28)20-15-10-11-16(12-15)21(20)25(29)30/h3-9,13,15-16,20-21H,2,10-12H2,1H3,(H,27,28)(H,29,30)/t15-,16-,20+,21+/m0/s1. The Kier molecular flexibility index (Phi) is 5.66. The molecular weight excluding hydrogens is 438 g/mol. The average Bonchev–Trinajstić information content (AvgIpc) is 3.53. The lowest BCUT2D eigenvalue weighted by molar-refractivity contribution is -0.148. The Bertz CT molecular complexity index is 1240. The minimum Gasteiger partial charge on any atom is -0.481 e. The van der Waals surface area contributed by atoms with Gasteiger partial charge in [0.2, 0.25) is 5.91 Å². The normalized spacial score (nSPS) is 23.5. The van der Waals surface area contributed by atoms with E-state index < -0.39 is 23.8 Å². The first-order valence-electron chi connectivity index (χ1n) is 11.3. The zero-order valence-electron chi connectivity index (χ0n) is 18.2. The Balaban J connectivity index is 1.53. The highest BCUT2D eigenvalue weighted by Crippen LogP contribution is 2.53. The third kappa shape index (κ3) is 3.70. The minimum absolute atomic E-state index is 0.0577. The monoisotopic (exact) mass is 463 g/mol. The number of carbonyl (C=O) groups excluding carboxylic acids is 2. The van der Waals surface area contributed by atoms with Crippen LogP contribution >= 0.6 is 11.3 Å². The molecule has 1 amide bonds. The summed E-state index contributed by atoms with van der Waals surface area (Å²) in [6.07, 6.45) is 2.53. The lowest BCUT2D eigenvalue weighted by Crippen LogP contribution is -2.37. The fourth-order valence-corrected chi connectivity index (χ4v) is 6.68. The number of thiophene rings is 1.